The summed E-state index contributed by atoms with van der Waals surface area (Å²) in [6.07, 6.45) is 1.68. The molecule has 5 heteroatoms. The van der Waals surface area contributed by atoms with Crippen LogP contribution >= 0.6 is 11.6 Å². The molecule has 0 aromatic heterocycles. The van der Waals surface area contributed by atoms with Crippen LogP contribution in [0.4, 0.5) is 4.39 Å². The van der Waals surface area contributed by atoms with Crippen LogP contribution in [0.25, 0.3) is 0 Å². The van der Waals surface area contributed by atoms with E-state index < -0.39 is 5.82 Å². The second kappa shape index (κ2) is 5.88. The molecule has 3 nitrogen and oxygen atoms in total. The molecule has 1 aliphatic rings. The van der Waals surface area contributed by atoms with Crippen molar-refractivity contribution in [3.05, 3.63) is 34.6 Å². The normalized spacial score (nSPS) is 23.5. The van der Waals surface area contributed by atoms with Gasteiger partial charge in [-0.3, -0.25) is 4.79 Å². The number of carbonyl (C=O) groups is 1. The Morgan fingerprint density at radius 3 is 3.00 bits per heavy atom. The molecule has 1 amide bonds. The van der Waals surface area contributed by atoms with Gasteiger partial charge in [0.15, 0.2) is 5.82 Å². The van der Waals surface area contributed by atoms with Crippen LogP contribution in [-0.4, -0.2) is 29.9 Å². The van der Waals surface area contributed by atoms with Gasteiger partial charge in [-0.25, -0.2) is 4.39 Å². The molecule has 1 heterocycles. The van der Waals surface area contributed by atoms with Gasteiger partial charge in [-0.15, -0.1) is 0 Å². The number of piperidine rings is 1. The van der Waals surface area contributed by atoms with E-state index in [-0.39, 0.29) is 28.5 Å². The van der Waals surface area contributed by atoms with Crippen molar-refractivity contribution >= 4 is 17.5 Å². The fourth-order valence-electron chi connectivity index (χ4n) is 2.51. The molecule has 1 aromatic carbocycles. The molecule has 2 unspecified atom stereocenters. The smallest absolute Gasteiger partial charge is 0.256 e. The number of nitrogens with two attached hydrogens (primary N) is 1. The number of amides is 1. The quantitative estimate of drug-likeness (QED) is 0.907. The number of hydrogen-bond acceptors (Lipinski definition) is 2. The second-order valence-electron chi connectivity index (χ2n) is 4.97. The molecule has 19 heavy (non-hydrogen) atoms. The van der Waals surface area contributed by atoms with E-state index in [4.69, 9.17) is 17.3 Å². The minimum Gasteiger partial charge on any atom is -0.338 e. The predicted octanol–water partition coefficient (Wildman–Crippen LogP) is 2.68. The van der Waals surface area contributed by atoms with Gasteiger partial charge in [-0.1, -0.05) is 31.0 Å². The Balaban J connectivity index is 2.18. The van der Waals surface area contributed by atoms with E-state index in [1.54, 1.807) is 11.0 Å². The maximum absolute atomic E-state index is 13.9. The lowest BCUT2D eigenvalue weighted by Crippen LogP contribution is -2.49. The van der Waals surface area contributed by atoms with Gasteiger partial charge in [0, 0.05) is 19.1 Å². The monoisotopic (exact) mass is 284 g/mol. The van der Waals surface area contributed by atoms with Gasteiger partial charge >= 0.3 is 0 Å². The van der Waals surface area contributed by atoms with E-state index in [0.717, 1.165) is 12.8 Å². The van der Waals surface area contributed by atoms with Crippen molar-refractivity contribution in [2.75, 3.05) is 13.1 Å². The third-order valence-electron chi connectivity index (χ3n) is 3.79. The molecule has 0 spiro atoms. The lowest BCUT2D eigenvalue weighted by atomic mass is 9.90. The molecule has 1 aromatic rings. The predicted molar refractivity (Wildman–Crippen MR) is 73.7 cm³/mol. The largest absolute Gasteiger partial charge is 0.338 e. The van der Waals surface area contributed by atoms with Gasteiger partial charge < -0.3 is 10.6 Å². The molecule has 0 radical (unpaired) electrons. The zero-order valence-electron chi connectivity index (χ0n) is 10.9. The highest BCUT2D eigenvalue weighted by Gasteiger charge is 2.29. The standard InChI is InChI=1S/C14H18ClFN2O/c1-2-9-8-18(7-6-12(9)17)14(19)10-4-3-5-11(15)13(10)16/h3-5,9,12H,2,6-8,17H2,1H3. The topological polar surface area (TPSA) is 46.3 Å². The van der Waals surface area contributed by atoms with E-state index in [1.165, 1.54) is 12.1 Å². The third-order valence-corrected chi connectivity index (χ3v) is 4.08. The number of carbonyl (C=O) groups excluding carboxylic acids is 1. The van der Waals surface area contributed by atoms with Crippen molar-refractivity contribution in [2.45, 2.75) is 25.8 Å². The van der Waals surface area contributed by atoms with Crippen molar-refractivity contribution in [3.63, 3.8) is 0 Å². The number of likely N-dealkylation sites (tertiary alicyclic amines) is 1. The maximum atomic E-state index is 13.9. The van der Waals surface area contributed by atoms with Crippen LogP contribution in [-0.2, 0) is 0 Å². The highest BCUT2D eigenvalue weighted by Crippen LogP contribution is 2.23. The van der Waals surface area contributed by atoms with E-state index in [0.29, 0.717) is 13.1 Å². The van der Waals surface area contributed by atoms with Crippen LogP contribution in [0.1, 0.15) is 30.1 Å². The highest BCUT2D eigenvalue weighted by atomic mass is 35.5. The van der Waals surface area contributed by atoms with Gasteiger partial charge in [0.2, 0.25) is 0 Å². The van der Waals surface area contributed by atoms with Gasteiger partial charge in [0.1, 0.15) is 0 Å². The highest BCUT2D eigenvalue weighted by molar-refractivity contribution is 6.31. The van der Waals surface area contributed by atoms with Gasteiger partial charge in [-0.2, -0.15) is 0 Å². The van der Waals surface area contributed by atoms with Crippen molar-refractivity contribution in [2.24, 2.45) is 11.7 Å². The van der Waals surface area contributed by atoms with Crippen molar-refractivity contribution in [1.29, 1.82) is 0 Å². The first kappa shape index (κ1) is 14.3. The molecule has 1 saturated heterocycles. The number of rotatable bonds is 2. The van der Waals surface area contributed by atoms with Gasteiger partial charge in [0.05, 0.1) is 10.6 Å². The fraction of sp³-hybridized carbons (Fsp3) is 0.500. The minimum atomic E-state index is -0.642. The van der Waals surface area contributed by atoms with E-state index >= 15 is 0 Å². The molecule has 1 aliphatic heterocycles. The molecular weight excluding hydrogens is 267 g/mol. The summed E-state index contributed by atoms with van der Waals surface area (Å²) in [7, 11) is 0. The third kappa shape index (κ3) is 2.90. The van der Waals surface area contributed by atoms with E-state index in [1.807, 2.05) is 0 Å². The van der Waals surface area contributed by atoms with Crippen LogP contribution in [0.15, 0.2) is 18.2 Å². The molecular formula is C14H18ClFN2O. The van der Waals surface area contributed by atoms with Crippen LogP contribution < -0.4 is 5.73 Å². The average molecular weight is 285 g/mol. The summed E-state index contributed by atoms with van der Waals surface area (Å²) in [4.78, 5) is 14.0. The fourth-order valence-corrected chi connectivity index (χ4v) is 2.68. The SMILES string of the molecule is CCC1CN(C(=O)c2cccc(Cl)c2F)CCC1N. The molecule has 0 aliphatic carbocycles. The Hall–Kier alpha value is -1.13. The molecule has 1 fully saturated rings. The molecule has 104 valence electrons. The zero-order chi connectivity index (χ0) is 14.0. The summed E-state index contributed by atoms with van der Waals surface area (Å²) >= 11 is 5.71. The first-order chi connectivity index (χ1) is 9.04. The summed E-state index contributed by atoms with van der Waals surface area (Å²) in [6, 6.07) is 4.62. The Morgan fingerprint density at radius 1 is 1.58 bits per heavy atom. The van der Waals surface area contributed by atoms with Crippen molar-refractivity contribution < 1.29 is 9.18 Å². The lowest BCUT2D eigenvalue weighted by Gasteiger charge is -2.36. The minimum absolute atomic E-state index is 0.0217. The Morgan fingerprint density at radius 2 is 2.32 bits per heavy atom. The second-order valence-corrected chi connectivity index (χ2v) is 5.38. The first-order valence-corrected chi connectivity index (χ1v) is 6.91. The van der Waals surface area contributed by atoms with Crippen LogP contribution in [0, 0.1) is 11.7 Å². The molecule has 0 saturated carbocycles. The summed E-state index contributed by atoms with van der Waals surface area (Å²) in [5, 5.41) is -0.0217. The van der Waals surface area contributed by atoms with Crippen LogP contribution in [0.2, 0.25) is 5.02 Å². The molecule has 0 bridgehead atoms. The average Bonchev–Trinajstić information content (AvgIpc) is 2.41. The summed E-state index contributed by atoms with van der Waals surface area (Å²) in [5.74, 6) is -0.664. The summed E-state index contributed by atoms with van der Waals surface area (Å²) < 4.78 is 13.9. The summed E-state index contributed by atoms with van der Waals surface area (Å²) in [5.41, 5.74) is 6.05. The van der Waals surface area contributed by atoms with E-state index in [2.05, 4.69) is 6.92 Å². The lowest BCUT2D eigenvalue weighted by molar-refractivity contribution is 0.0644. The maximum Gasteiger partial charge on any atom is 0.256 e. The summed E-state index contributed by atoms with van der Waals surface area (Å²) in [6.45, 7) is 3.21. The van der Waals surface area contributed by atoms with Crippen molar-refractivity contribution in [1.82, 2.24) is 4.90 Å². The van der Waals surface area contributed by atoms with Crippen LogP contribution in [0.5, 0.6) is 0 Å². The molecule has 2 N–H and O–H groups in total. The van der Waals surface area contributed by atoms with Crippen LogP contribution in [0.3, 0.4) is 0 Å². The van der Waals surface area contributed by atoms with Gasteiger partial charge in [0.25, 0.3) is 5.91 Å². The Labute approximate surface area is 117 Å². The van der Waals surface area contributed by atoms with Crippen molar-refractivity contribution in [3.8, 4) is 0 Å². The number of nitrogens with zero attached hydrogens (tertiary/aromatic N) is 1. The van der Waals surface area contributed by atoms with Gasteiger partial charge in [-0.05, 0) is 24.5 Å². The number of hydrogen-bond donors (Lipinski definition) is 1. The Bertz CT molecular complexity index is 481. The zero-order valence-corrected chi connectivity index (χ0v) is 11.7. The number of halogens is 2. The first-order valence-electron chi connectivity index (χ1n) is 6.53. The van der Waals surface area contributed by atoms with E-state index in [9.17, 15) is 9.18 Å². The molecule has 2 atom stereocenters. The number of benzene rings is 1. The Kier molecular flexibility index (Phi) is 4.42. The molecule has 2 rings (SSSR count).